The van der Waals surface area contributed by atoms with Crippen LogP contribution in [0.2, 0.25) is 0 Å². The number of nitro groups is 1. The number of hydrogen-bond donors (Lipinski definition) is 1. The van der Waals surface area contributed by atoms with Crippen molar-refractivity contribution in [1.29, 1.82) is 0 Å². The summed E-state index contributed by atoms with van der Waals surface area (Å²) >= 11 is 1.46. The number of hydrogen-bond acceptors (Lipinski definition) is 5. The normalized spacial score (nSPS) is 11.3. The molecule has 2 aromatic heterocycles. The molecule has 3 aromatic carbocycles. The lowest BCUT2D eigenvalue weighted by molar-refractivity contribution is -0.384. The lowest BCUT2D eigenvalue weighted by Gasteiger charge is -2.12. The monoisotopic (exact) mass is 442 g/mol. The quantitative estimate of drug-likeness (QED) is 0.171. The molecule has 7 nitrogen and oxygen atoms in total. The van der Waals surface area contributed by atoms with Gasteiger partial charge in [-0.15, -0.1) is 0 Å². The highest BCUT2D eigenvalue weighted by atomic mass is 32.2. The Morgan fingerprint density at radius 2 is 1.75 bits per heavy atom. The molecule has 2 heterocycles. The van der Waals surface area contributed by atoms with E-state index in [0.717, 1.165) is 16.5 Å². The maximum Gasteiger partial charge on any atom is 0.283 e. The zero-order valence-electron chi connectivity index (χ0n) is 17.1. The van der Waals surface area contributed by atoms with Gasteiger partial charge in [0.1, 0.15) is 11.0 Å². The molecule has 0 aliphatic rings. The third-order valence-electron chi connectivity index (χ3n) is 5.30. The van der Waals surface area contributed by atoms with Crippen LogP contribution in [0.5, 0.6) is 0 Å². The van der Waals surface area contributed by atoms with Gasteiger partial charge >= 0.3 is 0 Å². The van der Waals surface area contributed by atoms with Crippen LogP contribution in [0.4, 0.5) is 5.69 Å². The van der Waals surface area contributed by atoms with Gasteiger partial charge in [-0.1, -0.05) is 59.8 Å². The molecule has 0 bridgehead atoms. The SMILES string of the molecule is Cc1ccc(CSc2nc3c([nH]c4ccccc43)c(=O)n2-c2ccc([N+](=O)[O-])cc2)cc1. The summed E-state index contributed by atoms with van der Waals surface area (Å²) in [6, 6.07) is 21.8. The predicted octanol–water partition coefficient (Wildman–Crippen LogP) is 5.38. The standard InChI is InChI=1S/C24H18N4O3S/c1-15-6-8-16(9-7-15)14-32-24-26-21-19-4-2-3-5-20(19)25-22(21)23(29)27(24)17-10-12-18(13-11-17)28(30)31/h2-13,25H,14H2,1H3. The molecule has 0 spiro atoms. The number of nitrogens with one attached hydrogen (secondary N) is 1. The van der Waals surface area contributed by atoms with Crippen LogP contribution in [-0.4, -0.2) is 19.5 Å². The Kier molecular flexibility index (Phi) is 4.99. The van der Waals surface area contributed by atoms with E-state index in [-0.39, 0.29) is 11.2 Å². The van der Waals surface area contributed by atoms with Crippen molar-refractivity contribution in [3.8, 4) is 5.69 Å². The van der Waals surface area contributed by atoms with Crippen LogP contribution in [0.15, 0.2) is 82.7 Å². The van der Waals surface area contributed by atoms with Gasteiger partial charge in [-0.25, -0.2) is 4.98 Å². The van der Waals surface area contributed by atoms with Crippen LogP contribution in [0.3, 0.4) is 0 Å². The lowest BCUT2D eigenvalue weighted by atomic mass is 10.2. The maximum absolute atomic E-state index is 13.5. The summed E-state index contributed by atoms with van der Waals surface area (Å²) in [5.41, 5.74) is 4.41. The first-order valence-corrected chi connectivity index (χ1v) is 11.0. The molecule has 8 heteroatoms. The summed E-state index contributed by atoms with van der Waals surface area (Å²) in [7, 11) is 0. The fourth-order valence-corrected chi connectivity index (χ4v) is 4.58. The highest BCUT2D eigenvalue weighted by Crippen LogP contribution is 2.28. The molecular weight excluding hydrogens is 424 g/mol. The molecule has 0 atom stereocenters. The van der Waals surface area contributed by atoms with Gasteiger partial charge in [0.25, 0.3) is 11.2 Å². The van der Waals surface area contributed by atoms with E-state index in [1.54, 1.807) is 12.1 Å². The van der Waals surface area contributed by atoms with Crippen molar-refractivity contribution in [3.63, 3.8) is 0 Å². The number of para-hydroxylation sites is 1. The van der Waals surface area contributed by atoms with Gasteiger partial charge in [0.05, 0.1) is 10.6 Å². The Balaban J connectivity index is 1.68. The van der Waals surface area contributed by atoms with Crippen LogP contribution >= 0.6 is 11.8 Å². The number of aryl methyl sites for hydroxylation is 1. The first-order chi connectivity index (χ1) is 15.5. The van der Waals surface area contributed by atoms with Gasteiger partial charge in [0, 0.05) is 28.8 Å². The average Bonchev–Trinajstić information content (AvgIpc) is 3.18. The van der Waals surface area contributed by atoms with Crippen molar-refractivity contribution in [2.24, 2.45) is 0 Å². The van der Waals surface area contributed by atoms with Crippen molar-refractivity contribution in [3.05, 3.63) is 104 Å². The molecule has 0 saturated carbocycles. The number of rotatable bonds is 5. The van der Waals surface area contributed by atoms with Gasteiger partial charge in [0.15, 0.2) is 5.16 Å². The van der Waals surface area contributed by atoms with Crippen LogP contribution in [0.25, 0.3) is 27.6 Å². The molecule has 32 heavy (non-hydrogen) atoms. The number of thioether (sulfide) groups is 1. The number of aromatic amines is 1. The first kappa shape index (κ1) is 20.0. The largest absolute Gasteiger partial charge is 0.349 e. The smallest absolute Gasteiger partial charge is 0.283 e. The molecule has 1 N–H and O–H groups in total. The average molecular weight is 443 g/mol. The Bertz CT molecular complexity index is 1520. The minimum absolute atomic E-state index is 0.0321. The van der Waals surface area contributed by atoms with Crippen molar-refractivity contribution in [1.82, 2.24) is 14.5 Å². The molecule has 0 aliphatic carbocycles. The fraction of sp³-hybridized carbons (Fsp3) is 0.0833. The number of non-ortho nitro benzene ring substituents is 1. The van der Waals surface area contributed by atoms with Gasteiger partial charge in [0.2, 0.25) is 0 Å². The number of aromatic nitrogens is 3. The number of nitro benzene ring substituents is 1. The second-order valence-electron chi connectivity index (χ2n) is 7.48. The summed E-state index contributed by atoms with van der Waals surface area (Å²) in [5, 5.41) is 12.5. The van der Waals surface area contributed by atoms with E-state index in [1.807, 2.05) is 31.2 Å². The van der Waals surface area contributed by atoms with Gasteiger partial charge in [-0.05, 0) is 30.7 Å². The molecule has 0 unspecified atom stereocenters. The van der Waals surface area contributed by atoms with E-state index < -0.39 is 4.92 Å². The summed E-state index contributed by atoms with van der Waals surface area (Å²) in [6.07, 6.45) is 0. The number of benzene rings is 3. The molecule has 158 valence electrons. The van der Waals surface area contributed by atoms with Crippen molar-refractivity contribution >= 4 is 39.4 Å². The summed E-state index contributed by atoms with van der Waals surface area (Å²) in [5.74, 6) is 0.633. The third kappa shape index (κ3) is 3.54. The predicted molar refractivity (Wildman–Crippen MR) is 127 cm³/mol. The second-order valence-corrected chi connectivity index (χ2v) is 8.42. The lowest BCUT2D eigenvalue weighted by Crippen LogP contribution is -2.21. The summed E-state index contributed by atoms with van der Waals surface area (Å²) in [4.78, 5) is 32.2. The highest BCUT2D eigenvalue weighted by molar-refractivity contribution is 7.98. The molecule has 0 amide bonds. The van der Waals surface area contributed by atoms with E-state index in [9.17, 15) is 14.9 Å². The molecule has 0 fully saturated rings. The number of nitrogens with zero attached hydrogens (tertiary/aromatic N) is 3. The Morgan fingerprint density at radius 1 is 1.03 bits per heavy atom. The first-order valence-electron chi connectivity index (χ1n) is 9.98. The Morgan fingerprint density at radius 3 is 2.47 bits per heavy atom. The topological polar surface area (TPSA) is 93.8 Å². The van der Waals surface area contributed by atoms with E-state index in [2.05, 4.69) is 29.2 Å². The van der Waals surface area contributed by atoms with Gasteiger partial charge in [-0.3, -0.25) is 19.5 Å². The van der Waals surface area contributed by atoms with E-state index >= 15 is 0 Å². The van der Waals surface area contributed by atoms with E-state index in [1.165, 1.54) is 34.0 Å². The second kappa shape index (κ2) is 7.97. The maximum atomic E-state index is 13.5. The van der Waals surface area contributed by atoms with Crippen molar-refractivity contribution in [2.45, 2.75) is 17.8 Å². The minimum Gasteiger partial charge on any atom is -0.349 e. The highest BCUT2D eigenvalue weighted by Gasteiger charge is 2.18. The van der Waals surface area contributed by atoms with Crippen LogP contribution < -0.4 is 5.56 Å². The van der Waals surface area contributed by atoms with Gasteiger partial charge in [-0.2, -0.15) is 0 Å². The fourth-order valence-electron chi connectivity index (χ4n) is 3.62. The van der Waals surface area contributed by atoms with Crippen molar-refractivity contribution < 1.29 is 4.92 Å². The zero-order valence-corrected chi connectivity index (χ0v) is 17.9. The van der Waals surface area contributed by atoms with Crippen LogP contribution in [0, 0.1) is 17.0 Å². The summed E-state index contributed by atoms with van der Waals surface area (Å²) in [6.45, 7) is 2.04. The van der Waals surface area contributed by atoms with Crippen LogP contribution in [-0.2, 0) is 5.75 Å². The van der Waals surface area contributed by atoms with Crippen LogP contribution in [0.1, 0.15) is 11.1 Å². The molecule has 0 radical (unpaired) electrons. The molecular formula is C24H18N4O3S. The molecule has 5 aromatic rings. The van der Waals surface area contributed by atoms with Gasteiger partial charge < -0.3 is 4.98 Å². The number of H-pyrrole nitrogens is 1. The molecule has 0 saturated heterocycles. The number of fused-ring (bicyclic) bond motifs is 3. The van der Waals surface area contributed by atoms with E-state index in [0.29, 0.717) is 27.6 Å². The zero-order chi connectivity index (χ0) is 22.2. The molecule has 5 rings (SSSR count). The third-order valence-corrected chi connectivity index (χ3v) is 6.31. The Hall–Kier alpha value is -3.91. The molecule has 0 aliphatic heterocycles. The Labute approximate surface area is 186 Å². The summed E-state index contributed by atoms with van der Waals surface area (Å²) < 4.78 is 1.51. The van der Waals surface area contributed by atoms with E-state index in [4.69, 9.17) is 4.98 Å². The van der Waals surface area contributed by atoms with Crippen molar-refractivity contribution in [2.75, 3.05) is 0 Å². The minimum atomic E-state index is -0.460.